The summed E-state index contributed by atoms with van der Waals surface area (Å²) in [6.45, 7) is 0. The van der Waals surface area contributed by atoms with E-state index in [1.165, 1.54) is 6.07 Å². The van der Waals surface area contributed by atoms with Crippen LogP contribution in [0.3, 0.4) is 0 Å². The molecule has 0 aliphatic carbocycles. The second kappa shape index (κ2) is 3.27. The fourth-order valence-corrected chi connectivity index (χ4v) is 0.707. The van der Waals surface area contributed by atoms with Gasteiger partial charge in [0.1, 0.15) is 0 Å². The van der Waals surface area contributed by atoms with Crippen LogP contribution < -0.4 is 10.9 Å². The number of nitrogens with two attached hydrogens (primary N) is 1. The molecule has 0 atom stereocenters. The van der Waals surface area contributed by atoms with E-state index in [-0.39, 0.29) is 5.69 Å². The molecule has 1 amide bonds. The average Bonchev–Trinajstić information content (AvgIpc) is 2.08. The smallest absolute Gasteiger partial charge is 0.228 e. The van der Waals surface area contributed by atoms with Crippen LogP contribution in [-0.2, 0) is 4.79 Å². The molecule has 1 aromatic rings. The summed E-state index contributed by atoms with van der Waals surface area (Å²) in [4.78, 5) is 10.1. The fourth-order valence-electron chi connectivity index (χ4n) is 0.707. The van der Waals surface area contributed by atoms with Crippen molar-refractivity contribution in [3.05, 3.63) is 29.8 Å². The molecule has 5 heteroatoms. The number of amides is 1. The Morgan fingerprint density at radius 3 is 2.50 bits per heavy atom. The quantitative estimate of drug-likeness (QED) is 0.310. The van der Waals surface area contributed by atoms with Crippen molar-refractivity contribution in [2.75, 3.05) is 5.01 Å². The van der Waals surface area contributed by atoms with Gasteiger partial charge >= 0.3 is 0 Å². The zero-order valence-corrected chi connectivity index (χ0v) is 6.00. The van der Waals surface area contributed by atoms with E-state index in [1.54, 1.807) is 0 Å². The number of carbonyl (C=O) groups is 1. The summed E-state index contributed by atoms with van der Waals surface area (Å²) in [6.07, 6.45) is 0.298. The molecular formula is C7H6F2N2O. The second-order valence-corrected chi connectivity index (χ2v) is 2.11. The Morgan fingerprint density at radius 1 is 1.33 bits per heavy atom. The van der Waals surface area contributed by atoms with Crippen molar-refractivity contribution in [3.63, 3.8) is 0 Å². The van der Waals surface area contributed by atoms with Crippen molar-refractivity contribution in [1.82, 2.24) is 0 Å². The topological polar surface area (TPSA) is 46.3 Å². The molecule has 1 aromatic carbocycles. The lowest BCUT2D eigenvalue weighted by molar-refractivity contribution is -0.107. The lowest BCUT2D eigenvalue weighted by atomic mass is 10.3. The lowest BCUT2D eigenvalue weighted by Crippen LogP contribution is -2.28. The number of anilines is 1. The highest BCUT2D eigenvalue weighted by Crippen LogP contribution is 2.14. The monoisotopic (exact) mass is 172 g/mol. The molecule has 0 aliphatic rings. The predicted octanol–water partition coefficient (Wildman–Crippen LogP) is 0.801. The minimum Gasteiger partial charge on any atom is -0.277 e. The first-order valence-electron chi connectivity index (χ1n) is 3.09. The predicted molar refractivity (Wildman–Crippen MR) is 39.1 cm³/mol. The van der Waals surface area contributed by atoms with Gasteiger partial charge in [-0.1, -0.05) is 0 Å². The highest BCUT2D eigenvalue weighted by Gasteiger charge is 2.04. The highest BCUT2D eigenvalue weighted by molar-refractivity contribution is 5.72. The average molecular weight is 172 g/mol. The van der Waals surface area contributed by atoms with Gasteiger partial charge in [-0.25, -0.2) is 14.6 Å². The molecule has 64 valence electrons. The number of halogens is 2. The Balaban J connectivity index is 3.04. The minimum atomic E-state index is -1.04. The molecule has 0 aliphatic heterocycles. The summed E-state index contributed by atoms with van der Waals surface area (Å²) in [5.41, 5.74) is 0.101. The Hall–Kier alpha value is -1.49. The Bertz CT molecular complexity index is 303. The Morgan fingerprint density at radius 2 is 2.00 bits per heavy atom. The lowest BCUT2D eigenvalue weighted by Gasteiger charge is -2.09. The van der Waals surface area contributed by atoms with E-state index in [0.717, 1.165) is 12.1 Å². The molecule has 0 fully saturated rings. The van der Waals surface area contributed by atoms with Crippen molar-refractivity contribution in [1.29, 1.82) is 0 Å². The third-order valence-electron chi connectivity index (χ3n) is 1.31. The summed E-state index contributed by atoms with van der Waals surface area (Å²) in [5, 5.41) is 0.655. The molecule has 0 saturated heterocycles. The van der Waals surface area contributed by atoms with E-state index in [2.05, 4.69) is 0 Å². The number of benzene rings is 1. The second-order valence-electron chi connectivity index (χ2n) is 2.11. The van der Waals surface area contributed by atoms with E-state index in [4.69, 9.17) is 5.84 Å². The SMILES string of the molecule is NN(C=O)c1ccc(F)c(F)c1. The van der Waals surface area contributed by atoms with Gasteiger partial charge in [-0.3, -0.25) is 9.80 Å². The molecule has 0 radical (unpaired) electrons. The van der Waals surface area contributed by atoms with Gasteiger partial charge in [-0.2, -0.15) is 0 Å². The van der Waals surface area contributed by atoms with Gasteiger partial charge in [0.15, 0.2) is 11.6 Å². The molecule has 0 aromatic heterocycles. The zero-order chi connectivity index (χ0) is 9.14. The number of rotatable bonds is 2. The maximum atomic E-state index is 12.5. The summed E-state index contributed by atoms with van der Waals surface area (Å²) in [6, 6.07) is 2.94. The van der Waals surface area contributed by atoms with Crippen molar-refractivity contribution >= 4 is 12.1 Å². The molecule has 12 heavy (non-hydrogen) atoms. The summed E-state index contributed by atoms with van der Waals surface area (Å²) >= 11 is 0. The minimum absolute atomic E-state index is 0.101. The van der Waals surface area contributed by atoms with Crippen LogP contribution in [0.5, 0.6) is 0 Å². The maximum Gasteiger partial charge on any atom is 0.228 e. The van der Waals surface area contributed by atoms with E-state index in [0.29, 0.717) is 11.4 Å². The molecule has 0 spiro atoms. The van der Waals surface area contributed by atoms with Gasteiger partial charge in [0.25, 0.3) is 0 Å². The molecule has 3 nitrogen and oxygen atoms in total. The molecule has 0 unspecified atom stereocenters. The number of nitrogens with zero attached hydrogens (tertiary/aromatic N) is 1. The third-order valence-corrected chi connectivity index (χ3v) is 1.31. The fraction of sp³-hybridized carbons (Fsp3) is 0. The normalized spacial score (nSPS) is 9.58. The molecule has 0 saturated carbocycles. The van der Waals surface area contributed by atoms with Crippen LogP contribution in [0.4, 0.5) is 14.5 Å². The first-order chi connectivity index (χ1) is 5.65. The van der Waals surface area contributed by atoms with Crippen LogP contribution in [-0.4, -0.2) is 6.41 Å². The molecule has 1 rings (SSSR count). The van der Waals surface area contributed by atoms with Crippen molar-refractivity contribution in [2.45, 2.75) is 0 Å². The number of hydrogen-bond donors (Lipinski definition) is 1. The molecule has 0 heterocycles. The summed E-state index contributed by atoms with van der Waals surface area (Å²) in [5.74, 6) is 3.08. The number of carbonyl (C=O) groups excluding carboxylic acids is 1. The Kier molecular flexibility index (Phi) is 2.35. The van der Waals surface area contributed by atoms with Gasteiger partial charge in [-0.15, -0.1) is 0 Å². The standard InChI is InChI=1S/C7H6F2N2O/c8-6-2-1-5(3-7(6)9)11(10)4-12/h1-4H,10H2. The van der Waals surface area contributed by atoms with Crippen molar-refractivity contribution < 1.29 is 13.6 Å². The van der Waals surface area contributed by atoms with Gasteiger partial charge in [0, 0.05) is 6.07 Å². The van der Waals surface area contributed by atoms with Crippen molar-refractivity contribution in [2.24, 2.45) is 5.84 Å². The first-order valence-corrected chi connectivity index (χ1v) is 3.09. The van der Waals surface area contributed by atoms with Crippen LogP contribution in [0.1, 0.15) is 0 Å². The Labute approximate surface area is 67.4 Å². The van der Waals surface area contributed by atoms with Gasteiger partial charge < -0.3 is 0 Å². The van der Waals surface area contributed by atoms with E-state index >= 15 is 0 Å². The van der Waals surface area contributed by atoms with E-state index in [9.17, 15) is 13.6 Å². The van der Waals surface area contributed by atoms with Crippen LogP contribution >= 0.6 is 0 Å². The van der Waals surface area contributed by atoms with Crippen LogP contribution in [0.2, 0.25) is 0 Å². The largest absolute Gasteiger partial charge is 0.277 e. The summed E-state index contributed by atoms with van der Waals surface area (Å²) in [7, 11) is 0. The maximum absolute atomic E-state index is 12.5. The number of hydrogen-bond acceptors (Lipinski definition) is 2. The van der Waals surface area contributed by atoms with Crippen molar-refractivity contribution in [3.8, 4) is 0 Å². The highest BCUT2D eigenvalue weighted by atomic mass is 19.2. The van der Waals surface area contributed by atoms with Gasteiger partial charge in [0.05, 0.1) is 5.69 Å². The van der Waals surface area contributed by atoms with Crippen LogP contribution in [0, 0.1) is 11.6 Å². The third kappa shape index (κ3) is 1.57. The van der Waals surface area contributed by atoms with E-state index < -0.39 is 11.6 Å². The van der Waals surface area contributed by atoms with Crippen LogP contribution in [0.25, 0.3) is 0 Å². The van der Waals surface area contributed by atoms with E-state index in [1.807, 2.05) is 0 Å². The van der Waals surface area contributed by atoms with Gasteiger partial charge in [0.2, 0.25) is 6.41 Å². The molecule has 0 bridgehead atoms. The molecule has 2 N–H and O–H groups in total. The van der Waals surface area contributed by atoms with Crippen LogP contribution in [0.15, 0.2) is 18.2 Å². The molecular weight excluding hydrogens is 166 g/mol. The number of hydrazine groups is 1. The first kappa shape index (κ1) is 8.61. The summed E-state index contributed by atoms with van der Waals surface area (Å²) < 4.78 is 24.8. The zero-order valence-electron chi connectivity index (χ0n) is 6.00. The van der Waals surface area contributed by atoms with Gasteiger partial charge in [-0.05, 0) is 12.1 Å².